The van der Waals surface area contributed by atoms with Gasteiger partial charge in [-0.3, -0.25) is 0 Å². The molecule has 0 aliphatic heterocycles. The molecule has 2 rings (SSSR count). The fraction of sp³-hybridized carbons (Fsp3) is 0.688. The topological polar surface area (TPSA) is 42.1 Å². The predicted molar refractivity (Wildman–Crippen MR) is 82.4 cm³/mol. The predicted octanol–water partition coefficient (Wildman–Crippen LogP) is 3.77. The van der Waals surface area contributed by atoms with Gasteiger partial charge in [-0.2, -0.15) is 0 Å². The maximum atomic E-state index is 6.16. The number of pyridine rings is 1. The Morgan fingerprint density at radius 1 is 1.32 bits per heavy atom. The van der Waals surface area contributed by atoms with Gasteiger partial charge in [0.1, 0.15) is 0 Å². The third-order valence-electron chi connectivity index (χ3n) is 4.03. The van der Waals surface area contributed by atoms with Crippen molar-refractivity contribution in [2.24, 2.45) is 5.92 Å². The molecule has 19 heavy (non-hydrogen) atoms. The Morgan fingerprint density at radius 2 is 2.00 bits per heavy atom. The zero-order valence-electron chi connectivity index (χ0n) is 12.5. The molecule has 3 nitrogen and oxygen atoms in total. The van der Waals surface area contributed by atoms with E-state index in [1.165, 1.54) is 32.1 Å². The van der Waals surface area contributed by atoms with Crippen molar-refractivity contribution in [3.05, 3.63) is 17.8 Å². The minimum absolute atomic E-state index is 0.635. The highest BCUT2D eigenvalue weighted by molar-refractivity contribution is 5.63. The smallest absolute Gasteiger partial charge is 0.152 e. The summed E-state index contributed by atoms with van der Waals surface area (Å²) in [5, 5.41) is 0. The van der Waals surface area contributed by atoms with E-state index < -0.39 is 0 Å². The van der Waals surface area contributed by atoms with Gasteiger partial charge >= 0.3 is 0 Å². The molecule has 106 valence electrons. The van der Waals surface area contributed by atoms with E-state index in [0.717, 1.165) is 29.7 Å². The summed E-state index contributed by atoms with van der Waals surface area (Å²) in [7, 11) is 0. The van der Waals surface area contributed by atoms with Crippen LogP contribution in [0.15, 0.2) is 12.1 Å². The highest BCUT2D eigenvalue weighted by Gasteiger charge is 2.25. The molecule has 1 aromatic heterocycles. The average molecular weight is 261 g/mol. The Morgan fingerprint density at radius 3 is 2.63 bits per heavy atom. The number of nitrogen functional groups attached to an aromatic ring is 1. The second-order valence-electron chi connectivity index (χ2n) is 6.18. The monoisotopic (exact) mass is 261 g/mol. The molecule has 1 heterocycles. The van der Waals surface area contributed by atoms with Gasteiger partial charge in [0.15, 0.2) is 5.82 Å². The Labute approximate surface area is 117 Å². The summed E-state index contributed by atoms with van der Waals surface area (Å²) < 4.78 is 0. The van der Waals surface area contributed by atoms with E-state index in [4.69, 9.17) is 10.7 Å². The first-order chi connectivity index (χ1) is 9.08. The first kappa shape index (κ1) is 14.2. The first-order valence-corrected chi connectivity index (χ1v) is 7.57. The number of anilines is 2. The van der Waals surface area contributed by atoms with Gasteiger partial charge in [0.25, 0.3) is 0 Å². The summed E-state index contributed by atoms with van der Waals surface area (Å²) in [5.41, 5.74) is 8.03. The third kappa shape index (κ3) is 3.62. The summed E-state index contributed by atoms with van der Waals surface area (Å²) >= 11 is 0. The first-order valence-electron chi connectivity index (χ1n) is 7.57. The molecule has 0 amide bonds. The zero-order chi connectivity index (χ0) is 13.8. The Kier molecular flexibility index (Phi) is 4.67. The van der Waals surface area contributed by atoms with Crippen LogP contribution in [0.1, 0.15) is 51.6 Å². The van der Waals surface area contributed by atoms with Crippen molar-refractivity contribution in [1.29, 1.82) is 0 Å². The van der Waals surface area contributed by atoms with Crippen LogP contribution >= 0.6 is 0 Å². The van der Waals surface area contributed by atoms with Crippen molar-refractivity contribution in [3.63, 3.8) is 0 Å². The van der Waals surface area contributed by atoms with Gasteiger partial charge < -0.3 is 10.6 Å². The highest BCUT2D eigenvalue weighted by Crippen LogP contribution is 2.31. The van der Waals surface area contributed by atoms with E-state index in [0.29, 0.717) is 6.04 Å². The molecule has 3 heteroatoms. The lowest BCUT2D eigenvalue weighted by Crippen LogP contribution is -2.36. The van der Waals surface area contributed by atoms with E-state index in [2.05, 4.69) is 18.7 Å². The maximum Gasteiger partial charge on any atom is 0.152 e. The Bertz CT molecular complexity index is 408. The van der Waals surface area contributed by atoms with Crippen LogP contribution in [0.25, 0.3) is 0 Å². The minimum atomic E-state index is 0.635. The average Bonchev–Trinajstić information content (AvgIpc) is 2.87. The molecule has 1 aliphatic rings. The SMILES string of the molecule is Cc1ccc(N)c(N(CCC(C)C)C2CCCC2)n1. The van der Waals surface area contributed by atoms with Crippen LogP contribution in [-0.4, -0.2) is 17.6 Å². The van der Waals surface area contributed by atoms with Crippen molar-refractivity contribution < 1.29 is 0 Å². The van der Waals surface area contributed by atoms with E-state index in [-0.39, 0.29) is 0 Å². The second kappa shape index (κ2) is 6.27. The molecule has 1 fully saturated rings. The Hall–Kier alpha value is -1.25. The van der Waals surface area contributed by atoms with Crippen LogP contribution in [0.2, 0.25) is 0 Å². The molecule has 2 N–H and O–H groups in total. The zero-order valence-corrected chi connectivity index (χ0v) is 12.5. The number of aryl methyl sites for hydroxylation is 1. The standard InChI is InChI=1S/C16H27N3/c1-12(2)10-11-19(14-6-4-5-7-14)16-15(17)9-8-13(3)18-16/h8-9,12,14H,4-7,10-11,17H2,1-3H3. The summed E-state index contributed by atoms with van der Waals surface area (Å²) in [6, 6.07) is 4.62. The van der Waals surface area contributed by atoms with Crippen molar-refractivity contribution >= 4 is 11.5 Å². The number of nitrogens with zero attached hydrogens (tertiary/aromatic N) is 2. The fourth-order valence-electron chi connectivity index (χ4n) is 2.86. The van der Waals surface area contributed by atoms with E-state index >= 15 is 0 Å². The summed E-state index contributed by atoms with van der Waals surface area (Å²) in [6.07, 6.45) is 6.45. The second-order valence-corrected chi connectivity index (χ2v) is 6.18. The van der Waals surface area contributed by atoms with Gasteiger partial charge in [-0.15, -0.1) is 0 Å². The van der Waals surface area contributed by atoms with Gasteiger partial charge in [0, 0.05) is 18.3 Å². The van der Waals surface area contributed by atoms with E-state index in [1.807, 2.05) is 19.1 Å². The van der Waals surface area contributed by atoms with E-state index in [9.17, 15) is 0 Å². The lowest BCUT2D eigenvalue weighted by atomic mass is 10.1. The number of nitrogens with two attached hydrogens (primary N) is 1. The molecular formula is C16H27N3. The number of hydrogen-bond donors (Lipinski definition) is 1. The lowest BCUT2D eigenvalue weighted by molar-refractivity contribution is 0.525. The minimum Gasteiger partial charge on any atom is -0.396 e. The molecule has 1 saturated carbocycles. The van der Waals surface area contributed by atoms with Crippen molar-refractivity contribution in [2.75, 3.05) is 17.2 Å². The van der Waals surface area contributed by atoms with Crippen LogP contribution < -0.4 is 10.6 Å². The maximum absolute atomic E-state index is 6.16. The number of hydrogen-bond acceptors (Lipinski definition) is 3. The molecule has 0 bridgehead atoms. The van der Waals surface area contributed by atoms with Crippen LogP contribution in [-0.2, 0) is 0 Å². The molecule has 0 radical (unpaired) electrons. The van der Waals surface area contributed by atoms with Crippen LogP contribution in [0, 0.1) is 12.8 Å². The summed E-state index contributed by atoms with van der Waals surface area (Å²) in [6.45, 7) is 7.67. The molecule has 0 unspecified atom stereocenters. The van der Waals surface area contributed by atoms with E-state index in [1.54, 1.807) is 0 Å². The lowest BCUT2D eigenvalue weighted by Gasteiger charge is -2.32. The van der Waals surface area contributed by atoms with Gasteiger partial charge in [-0.05, 0) is 44.2 Å². The van der Waals surface area contributed by atoms with Gasteiger partial charge in [0.05, 0.1) is 5.69 Å². The van der Waals surface area contributed by atoms with Crippen molar-refractivity contribution in [2.45, 2.75) is 58.9 Å². The highest BCUT2D eigenvalue weighted by atomic mass is 15.2. The van der Waals surface area contributed by atoms with Crippen molar-refractivity contribution in [1.82, 2.24) is 4.98 Å². The molecule has 0 aromatic carbocycles. The van der Waals surface area contributed by atoms with Crippen LogP contribution in [0.5, 0.6) is 0 Å². The molecular weight excluding hydrogens is 234 g/mol. The quantitative estimate of drug-likeness (QED) is 0.877. The summed E-state index contributed by atoms with van der Waals surface area (Å²) in [4.78, 5) is 7.16. The summed E-state index contributed by atoms with van der Waals surface area (Å²) in [5.74, 6) is 1.72. The molecule has 0 atom stereocenters. The van der Waals surface area contributed by atoms with Gasteiger partial charge in [-0.25, -0.2) is 4.98 Å². The molecule has 1 aromatic rings. The largest absolute Gasteiger partial charge is 0.396 e. The van der Waals surface area contributed by atoms with Crippen molar-refractivity contribution in [3.8, 4) is 0 Å². The van der Waals surface area contributed by atoms with Crippen LogP contribution in [0.4, 0.5) is 11.5 Å². The molecule has 0 saturated heterocycles. The molecule has 0 spiro atoms. The fourth-order valence-corrected chi connectivity index (χ4v) is 2.86. The number of aromatic nitrogens is 1. The van der Waals surface area contributed by atoms with Gasteiger partial charge in [-0.1, -0.05) is 26.7 Å². The third-order valence-corrected chi connectivity index (χ3v) is 4.03. The Balaban J connectivity index is 2.21. The number of rotatable bonds is 5. The van der Waals surface area contributed by atoms with Crippen LogP contribution in [0.3, 0.4) is 0 Å². The molecule has 1 aliphatic carbocycles. The normalized spacial score (nSPS) is 16.2. The van der Waals surface area contributed by atoms with Gasteiger partial charge in [0.2, 0.25) is 0 Å².